The number of rotatable bonds is 2. The first kappa shape index (κ1) is 14.3. The van der Waals surface area contributed by atoms with Crippen LogP contribution in [0, 0.1) is 18.3 Å². The van der Waals surface area contributed by atoms with Crippen LogP contribution in [-0.2, 0) is 11.8 Å². The molecule has 0 aromatic heterocycles. The van der Waals surface area contributed by atoms with Crippen molar-refractivity contribution in [2.24, 2.45) is 0 Å². The van der Waals surface area contributed by atoms with Gasteiger partial charge >= 0.3 is 0 Å². The molecule has 0 bridgehead atoms. The van der Waals surface area contributed by atoms with Crippen LogP contribution in [0.15, 0.2) is 46.9 Å². The SMILES string of the molecule is Cc1ccc(C(O)C2(C#N)CCc3ccccc32)c(Br)c1. The van der Waals surface area contributed by atoms with Crippen LogP contribution in [0.5, 0.6) is 0 Å². The van der Waals surface area contributed by atoms with E-state index in [0.717, 1.165) is 27.6 Å². The van der Waals surface area contributed by atoms with Crippen LogP contribution in [-0.4, -0.2) is 5.11 Å². The lowest BCUT2D eigenvalue weighted by Crippen LogP contribution is -2.30. The molecule has 0 heterocycles. The highest BCUT2D eigenvalue weighted by atomic mass is 79.9. The van der Waals surface area contributed by atoms with Gasteiger partial charge in [0.2, 0.25) is 0 Å². The van der Waals surface area contributed by atoms with Crippen LogP contribution >= 0.6 is 15.9 Å². The second-order valence-electron chi connectivity index (χ2n) is 5.67. The predicted octanol–water partition coefficient (Wildman–Crippen LogP) is 4.20. The Morgan fingerprint density at radius 2 is 2.05 bits per heavy atom. The molecule has 106 valence electrons. The lowest BCUT2D eigenvalue weighted by Gasteiger charge is -2.29. The van der Waals surface area contributed by atoms with Crippen molar-refractivity contribution in [3.05, 3.63) is 69.2 Å². The molecule has 0 fully saturated rings. The molecule has 1 aliphatic rings. The molecule has 2 unspecified atom stereocenters. The van der Waals surface area contributed by atoms with E-state index in [1.807, 2.05) is 49.4 Å². The normalized spacial score (nSPS) is 21.6. The van der Waals surface area contributed by atoms with Gasteiger partial charge in [-0.15, -0.1) is 0 Å². The first-order chi connectivity index (χ1) is 10.1. The molecule has 0 spiro atoms. The molecule has 3 heteroatoms. The van der Waals surface area contributed by atoms with Gasteiger partial charge in [0, 0.05) is 4.47 Å². The molecule has 0 aliphatic heterocycles. The second-order valence-corrected chi connectivity index (χ2v) is 6.52. The summed E-state index contributed by atoms with van der Waals surface area (Å²) in [6.07, 6.45) is 0.662. The van der Waals surface area contributed by atoms with E-state index in [-0.39, 0.29) is 0 Å². The fourth-order valence-electron chi connectivity index (χ4n) is 3.22. The zero-order valence-electron chi connectivity index (χ0n) is 11.8. The summed E-state index contributed by atoms with van der Waals surface area (Å²) < 4.78 is 0.856. The highest BCUT2D eigenvalue weighted by Gasteiger charge is 2.46. The molecule has 1 aliphatic carbocycles. The number of benzene rings is 2. The van der Waals surface area contributed by atoms with Gasteiger partial charge in [-0.2, -0.15) is 5.26 Å². The third-order valence-electron chi connectivity index (χ3n) is 4.40. The van der Waals surface area contributed by atoms with Gasteiger partial charge < -0.3 is 5.11 Å². The number of aryl methyl sites for hydroxylation is 2. The van der Waals surface area contributed by atoms with Gasteiger partial charge in [0.15, 0.2) is 0 Å². The van der Waals surface area contributed by atoms with E-state index >= 15 is 0 Å². The maximum absolute atomic E-state index is 10.9. The Bertz CT molecular complexity index is 734. The monoisotopic (exact) mass is 341 g/mol. The van der Waals surface area contributed by atoms with E-state index in [1.54, 1.807) is 0 Å². The number of aliphatic hydroxyl groups is 1. The molecule has 2 aromatic carbocycles. The maximum Gasteiger partial charge on any atom is 0.113 e. The van der Waals surface area contributed by atoms with Crippen LogP contribution in [0.25, 0.3) is 0 Å². The highest BCUT2D eigenvalue weighted by molar-refractivity contribution is 9.10. The first-order valence-corrected chi connectivity index (χ1v) is 7.81. The highest BCUT2D eigenvalue weighted by Crippen LogP contribution is 2.48. The minimum absolute atomic E-state index is 0.657. The largest absolute Gasteiger partial charge is 0.386 e. The summed E-state index contributed by atoms with van der Waals surface area (Å²) in [5.41, 5.74) is 3.18. The third-order valence-corrected chi connectivity index (χ3v) is 5.09. The van der Waals surface area contributed by atoms with Crippen LogP contribution in [0.2, 0.25) is 0 Å². The Hall–Kier alpha value is -1.63. The smallest absolute Gasteiger partial charge is 0.113 e. The van der Waals surface area contributed by atoms with E-state index in [2.05, 4.69) is 22.0 Å². The molecule has 2 aromatic rings. The Morgan fingerprint density at radius 1 is 1.29 bits per heavy atom. The molecule has 1 N–H and O–H groups in total. The summed E-state index contributed by atoms with van der Waals surface area (Å²) in [5.74, 6) is 0. The van der Waals surface area contributed by atoms with Crippen molar-refractivity contribution in [2.45, 2.75) is 31.3 Å². The lowest BCUT2D eigenvalue weighted by molar-refractivity contribution is 0.110. The first-order valence-electron chi connectivity index (χ1n) is 7.02. The second kappa shape index (κ2) is 5.29. The number of halogens is 1. The predicted molar refractivity (Wildman–Crippen MR) is 85.9 cm³/mol. The van der Waals surface area contributed by atoms with Crippen molar-refractivity contribution in [1.29, 1.82) is 5.26 Å². The number of aliphatic hydroxyl groups excluding tert-OH is 1. The third kappa shape index (κ3) is 2.19. The summed E-state index contributed by atoms with van der Waals surface area (Å²) in [6, 6.07) is 16.2. The van der Waals surface area contributed by atoms with Crippen molar-refractivity contribution in [3.63, 3.8) is 0 Å². The minimum Gasteiger partial charge on any atom is -0.386 e. The fourth-order valence-corrected chi connectivity index (χ4v) is 3.93. The summed E-state index contributed by atoms with van der Waals surface area (Å²) in [7, 11) is 0. The molecule has 0 saturated heterocycles. The topological polar surface area (TPSA) is 44.0 Å². The molecule has 0 amide bonds. The van der Waals surface area contributed by atoms with Crippen molar-refractivity contribution in [1.82, 2.24) is 0 Å². The van der Waals surface area contributed by atoms with Crippen LogP contribution in [0.4, 0.5) is 0 Å². The van der Waals surface area contributed by atoms with E-state index in [1.165, 1.54) is 5.56 Å². The van der Waals surface area contributed by atoms with Gasteiger partial charge in [0.1, 0.15) is 11.5 Å². The Morgan fingerprint density at radius 3 is 2.76 bits per heavy atom. The molecular weight excluding hydrogens is 326 g/mol. The van der Waals surface area contributed by atoms with Gasteiger partial charge in [-0.05, 0) is 48.1 Å². The number of nitrogens with zero attached hydrogens (tertiary/aromatic N) is 1. The van der Waals surface area contributed by atoms with Gasteiger partial charge in [-0.25, -0.2) is 0 Å². The zero-order chi connectivity index (χ0) is 15.0. The molecule has 0 saturated carbocycles. The Kier molecular flexibility index (Phi) is 3.61. The van der Waals surface area contributed by atoms with Gasteiger partial charge in [0.25, 0.3) is 0 Å². The molecular formula is C18H16BrNO. The van der Waals surface area contributed by atoms with Crippen molar-refractivity contribution >= 4 is 15.9 Å². The average molecular weight is 342 g/mol. The van der Waals surface area contributed by atoms with Crippen molar-refractivity contribution < 1.29 is 5.11 Å². The minimum atomic E-state index is -0.853. The molecule has 0 radical (unpaired) electrons. The maximum atomic E-state index is 10.9. The van der Waals surface area contributed by atoms with E-state index in [4.69, 9.17) is 0 Å². The lowest BCUT2D eigenvalue weighted by atomic mass is 9.75. The van der Waals surface area contributed by atoms with E-state index in [9.17, 15) is 10.4 Å². The molecule has 21 heavy (non-hydrogen) atoms. The number of hydrogen-bond acceptors (Lipinski definition) is 2. The number of fused-ring (bicyclic) bond motifs is 1. The zero-order valence-corrected chi connectivity index (χ0v) is 13.4. The standard InChI is InChI=1S/C18H16BrNO/c1-12-6-7-14(16(19)10-12)17(21)18(11-20)9-8-13-4-2-3-5-15(13)18/h2-7,10,17,21H,8-9H2,1H3. The number of hydrogen-bond donors (Lipinski definition) is 1. The van der Waals surface area contributed by atoms with Crippen LogP contribution in [0.1, 0.15) is 34.8 Å². The summed E-state index contributed by atoms with van der Waals surface area (Å²) in [4.78, 5) is 0. The van der Waals surface area contributed by atoms with E-state index < -0.39 is 11.5 Å². The summed E-state index contributed by atoms with van der Waals surface area (Å²) in [6.45, 7) is 2.01. The quantitative estimate of drug-likeness (QED) is 0.889. The number of nitriles is 1. The summed E-state index contributed by atoms with van der Waals surface area (Å²) >= 11 is 3.52. The molecule has 2 atom stereocenters. The molecule has 3 rings (SSSR count). The average Bonchev–Trinajstić information content (AvgIpc) is 2.87. The Balaban J connectivity index is 2.11. The summed E-state index contributed by atoms with van der Waals surface area (Å²) in [5, 5.41) is 20.8. The fraction of sp³-hybridized carbons (Fsp3) is 0.278. The van der Waals surface area contributed by atoms with Crippen molar-refractivity contribution in [2.75, 3.05) is 0 Å². The van der Waals surface area contributed by atoms with Gasteiger partial charge in [-0.3, -0.25) is 0 Å². The van der Waals surface area contributed by atoms with Crippen LogP contribution in [0.3, 0.4) is 0 Å². The molecule has 2 nitrogen and oxygen atoms in total. The Labute approximate surface area is 133 Å². The van der Waals surface area contributed by atoms with Crippen LogP contribution < -0.4 is 0 Å². The van der Waals surface area contributed by atoms with E-state index in [0.29, 0.717) is 6.42 Å². The van der Waals surface area contributed by atoms with Gasteiger partial charge in [-0.1, -0.05) is 52.3 Å². The van der Waals surface area contributed by atoms with Gasteiger partial charge in [0.05, 0.1) is 6.07 Å². The van der Waals surface area contributed by atoms with Crippen molar-refractivity contribution in [3.8, 4) is 6.07 Å².